The fourth-order valence-electron chi connectivity index (χ4n) is 1.92. The van der Waals surface area contributed by atoms with Crippen molar-refractivity contribution in [2.45, 2.75) is 45.1 Å². The third kappa shape index (κ3) is 1.94. The second-order valence-corrected chi connectivity index (χ2v) is 3.79. The maximum Gasteiger partial charge on any atom is 0.0540 e. The highest BCUT2D eigenvalue weighted by molar-refractivity contribution is 4.85. The third-order valence-corrected chi connectivity index (χ3v) is 3.20. The van der Waals surface area contributed by atoms with E-state index in [1.165, 1.54) is 0 Å². The van der Waals surface area contributed by atoms with Gasteiger partial charge < -0.3 is 10.8 Å². The standard InChI is InChI=1S/C9H19NO/c1-2-9(7-10)5-3-8(11)4-6-9/h8,11H,2-7,10H2,1H3. The minimum Gasteiger partial charge on any atom is -0.393 e. The molecule has 0 aliphatic heterocycles. The van der Waals surface area contributed by atoms with Crippen molar-refractivity contribution >= 4 is 0 Å². The predicted octanol–water partition coefficient (Wildman–Crippen LogP) is 1.28. The van der Waals surface area contributed by atoms with Crippen molar-refractivity contribution in [2.24, 2.45) is 11.1 Å². The van der Waals surface area contributed by atoms with Crippen molar-refractivity contribution in [1.82, 2.24) is 0 Å². The first-order chi connectivity index (χ1) is 5.22. The van der Waals surface area contributed by atoms with Gasteiger partial charge in [-0.05, 0) is 44.1 Å². The van der Waals surface area contributed by atoms with Gasteiger partial charge in [0.05, 0.1) is 6.10 Å². The number of hydrogen-bond donors (Lipinski definition) is 2. The van der Waals surface area contributed by atoms with E-state index in [9.17, 15) is 5.11 Å². The maximum absolute atomic E-state index is 9.29. The van der Waals surface area contributed by atoms with Crippen LogP contribution in [-0.2, 0) is 0 Å². The van der Waals surface area contributed by atoms with Crippen LogP contribution in [0.5, 0.6) is 0 Å². The average Bonchev–Trinajstić information content (AvgIpc) is 2.07. The van der Waals surface area contributed by atoms with Gasteiger partial charge in [0, 0.05) is 0 Å². The van der Waals surface area contributed by atoms with Crippen LogP contribution in [0, 0.1) is 5.41 Å². The molecule has 0 saturated heterocycles. The number of hydrogen-bond acceptors (Lipinski definition) is 2. The van der Waals surface area contributed by atoms with Gasteiger partial charge in [0.15, 0.2) is 0 Å². The van der Waals surface area contributed by atoms with E-state index in [0.29, 0.717) is 5.41 Å². The lowest BCUT2D eigenvalue weighted by Crippen LogP contribution is -2.35. The SMILES string of the molecule is CCC1(CN)CCC(O)CC1. The van der Waals surface area contributed by atoms with Gasteiger partial charge in [-0.1, -0.05) is 6.92 Å². The van der Waals surface area contributed by atoms with Gasteiger partial charge in [-0.15, -0.1) is 0 Å². The summed E-state index contributed by atoms with van der Waals surface area (Å²) in [4.78, 5) is 0. The van der Waals surface area contributed by atoms with Crippen LogP contribution in [-0.4, -0.2) is 17.8 Å². The molecule has 0 amide bonds. The Bertz CT molecular complexity index is 111. The normalized spacial score (nSPS) is 39.0. The molecule has 0 aromatic rings. The Balaban J connectivity index is 2.45. The zero-order valence-corrected chi connectivity index (χ0v) is 7.34. The fourth-order valence-corrected chi connectivity index (χ4v) is 1.92. The highest BCUT2D eigenvalue weighted by atomic mass is 16.3. The molecule has 2 nitrogen and oxygen atoms in total. The molecule has 66 valence electrons. The van der Waals surface area contributed by atoms with E-state index in [1.807, 2.05) is 0 Å². The summed E-state index contributed by atoms with van der Waals surface area (Å²) < 4.78 is 0. The smallest absolute Gasteiger partial charge is 0.0540 e. The van der Waals surface area contributed by atoms with Crippen LogP contribution in [0.4, 0.5) is 0 Å². The van der Waals surface area contributed by atoms with Gasteiger partial charge in [-0.3, -0.25) is 0 Å². The molecule has 0 spiro atoms. The second-order valence-electron chi connectivity index (χ2n) is 3.79. The van der Waals surface area contributed by atoms with Crippen molar-refractivity contribution in [1.29, 1.82) is 0 Å². The van der Waals surface area contributed by atoms with Crippen LogP contribution in [0.15, 0.2) is 0 Å². The van der Waals surface area contributed by atoms with Crippen molar-refractivity contribution in [2.75, 3.05) is 6.54 Å². The first kappa shape index (κ1) is 9.01. The van der Waals surface area contributed by atoms with Gasteiger partial charge in [0.25, 0.3) is 0 Å². The van der Waals surface area contributed by atoms with Crippen LogP contribution >= 0.6 is 0 Å². The Morgan fingerprint density at radius 2 is 2.00 bits per heavy atom. The summed E-state index contributed by atoms with van der Waals surface area (Å²) in [5.41, 5.74) is 6.07. The summed E-state index contributed by atoms with van der Waals surface area (Å²) in [7, 11) is 0. The van der Waals surface area contributed by atoms with E-state index in [2.05, 4.69) is 6.92 Å². The van der Waals surface area contributed by atoms with E-state index >= 15 is 0 Å². The van der Waals surface area contributed by atoms with Gasteiger partial charge in [-0.25, -0.2) is 0 Å². The van der Waals surface area contributed by atoms with E-state index in [-0.39, 0.29) is 6.10 Å². The van der Waals surface area contributed by atoms with E-state index < -0.39 is 0 Å². The van der Waals surface area contributed by atoms with E-state index in [4.69, 9.17) is 5.73 Å². The van der Waals surface area contributed by atoms with Gasteiger partial charge in [0.1, 0.15) is 0 Å². The average molecular weight is 157 g/mol. The van der Waals surface area contributed by atoms with Crippen molar-refractivity contribution in [3.63, 3.8) is 0 Å². The molecule has 0 atom stereocenters. The zero-order valence-electron chi connectivity index (χ0n) is 7.34. The van der Waals surface area contributed by atoms with Crippen molar-refractivity contribution in [3.8, 4) is 0 Å². The molecule has 1 aliphatic rings. The minimum atomic E-state index is -0.0544. The first-order valence-electron chi connectivity index (χ1n) is 4.60. The van der Waals surface area contributed by atoms with Crippen LogP contribution in [0.2, 0.25) is 0 Å². The lowest BCUT2D eigenvalue weighted by atomic mass is 9.71. The molecule has 0 unspecified atom stereocenters. The third-order valence-electron chi connectivity index (χ3n) is 3.20. The predicted molar refractivity (Wildman–Crippen MR) is 46.3 cm³/mol. The highest BCUT2D eigenvalue weighted by Crippen LogP contribution is 2.37. The number of aliphatic hydroxyl groups is 1. The van der Waals surface area contributed by atoms with Gasteiger partial charge in [-0.2, -0.15) is 0 Å². The monoisotopic (exact) mass is 157 g/mol. The van der Waals surface area contributed by atoms with Crippen LogP contribution in [0.1, 0.15) is 39.0 Å². The summed E-state index contributed by atoms with van der Waals surface area (Å²) in [5, 5.41) is 9.29. The van der Waals surface area contributed by atoms with Gasteiger partial charge in [0.2, 0.25) is 0 Å². The van der Waals surface area contributed by atoms with Crippen molar-refractivity contribution < 1.29 is 5.11 Å². The molecule has 0 heterocycles. The summed E-state index contributed by atoms with van der Waals surface area (Å²) in [6.07, 6.45) is 5.23. The first-order valence-corrected chi connectivity index (χ1v) is 4.60. The Kier molecular flexibility index (Phi) is 2.90. The Morgan fingerprint density at radius 3 is 2.36 bits per heavy atom. The molecule has 11 heavy (non-hydrogen) atoms. The summed E-state index contributed by atoms with van der Waals surface area (Å²) >= 11 is 0. The van der Waals surface area contributed by atoms with Crippen LogP contribution < -0.4 is 5.73 Å². The molecule has 0 bridgehead atoms. The summed E-state index contributed by atoms with van der Waals surface area (Å²) in [6.45, 7) is 2.99. The van der Waals surface area contributed by atoms with Gasteiger partial charge >= 0.3 is 0 Å². The molecular formula is C9H19NO. The number of rotatable bonds is 2. The molecule has 0 aromatic heterocycles. The molecule has 1 fully saturated rings. The molecular weight excluding hydrogens is 138 g/mol. The topological polar surface area (TPSA) is 46.2 Å². The molecule has 2 heteroatoms. The Hall–Kier alpha value is -0.0800. The lowest BCUT2D eigenvalue weighted by molar-refractivity contribution is 0.0644. The molecule has 0 radical (unpaired) electrons. The summed E-state index contributed by atoms with van der Waals surface area (Å²) in [6, 6.07) is 0. The molecule has 1 saturated carbocycles. The number of aliphatic hydroxyl groups excluding tert-OH is 1. The highest BCUT2D eigenvalue weighted by Gasteiger charge is 2.31. The van der Waals surface area contributed by atoms with Crippen LogP contribution in [0.3, 0.4) is 0 Å². The Morgan fingerprint density at radius 1 is 1.45 bits per heavy atom. The van der Waals surface area contributed by atoms with Crippen LogP contribution in [0.25, 0.3) is 0 Å². The Labute approximate surface area is 68.8 Å². The quantitative estimate of drug-likeness (QED) is 0.634. The minimum absolute atomic E-state index is 0.0544. The molecule has 1 aliphatic carbocycles. The second kappa shape index (κ2) is 3.55. The van der Waals surface area contributed by atoms with E-state index in [1.54, 1.807) is 0 Å². The number of nitrogens with two attached hydrogens (primary N) is 1. The molecule has 1 rings (SSSR count). The van der Waals surface area contributed by atoms with Crippen molar-refractivity contribution in [3.05, 3.63) is 0 Å². The maximum atomic E-state index is 9.29. The lowest BCUT2D eigenvalue weighted by Gasteiger charge is -2.37. The fraction of sp³-hybridized carbons (Fsp3) is 1.00. The molecule has 3 N–H and O–H groups in total. The zero-order chi connectivity index (χ0) is 8.32. The largest absolute Gasteiger partial charge is 0.393 e. The van der Waals surface area contributed by atoms with E-state index in [0.717, 1.165) is 38.6 Å². The molecule has 0 aromatic carbocycles. The summed E-state index contributed by atoms with van der Waals surface area (Å²) in [5.74, 6) is 0.